The number of aryl methyl sites for hydroxylation is 1. The molecule has 0 aliphatic heterocycles. The van der Waals surface area contributed by atoms with Crippen LogP contribution in [0.25, 0.3) is 5.57 Å². The summed E-state index contributed by atoms with van der Waals surface area (Å²) in [6.07, 6.45) is 14.5. The number of benzene rings is 1. The molecule has 1 aromatic carbocycles. The van der Waals surface area contributed by atoms with Crippen LogP contribution in [0.1, 0.15) is 76.0 Å². The molecule has 22 heavy (non-hydrogen) atoms. The summed E-state index contributed by atoms with van der Waals surface area (Å²) in [4.78, 5) is 0. The summed E-state index contributed by atoms with van der Waals surface area (Å²) in [5, 5.41) is 0. The minimum Gasteiger partial charge on any atom is -0.385 e. The molecule has 3 rings (SSSR count). The lowest BCUT2D eigenvalue weighted by Crippen LogP contribution is -1.93. The third-order valence-corrected chi connectivity index (χ3v) is 4.54. The summed E-state index contributed by atoms with van der Waals surface area (Å²) in [6.45, 7) is 3.08. The summed E-state index contributed by atoms with van der Waals surface area (Å²) in [5.41, 5.74) is 5.85. The van der Waals surface area contributed by atoms with Crippen molar-refractivity contribution in [3.63, 3.8) is 0 Å². The summed E-state index contributed by atoms with van der Waals surface area (Å²) in [5.74, 6) is 0. The van der Waals surface area contributed by atoms with Crippen molar-refractivity contribution in [1.29, 1.82) is 0 Å². The van der Waals surface area contributed by atoms with Crippen LogP contribution in [-0.4, -0.2) is 13.7 Å². The molecule has 1 fully saturated rings. The Balaban J connectivity index is 0.000000344. The van der Waals surface area contributed by atoms with Gasteiger partial charge in [-0.15, -0.1) is 0 Å². The van der Waals surface area contributed by atoms with E-state index in [0.717, 1.165) is 19.4 Å². The Labute approximate surface area is 137 Å². The van der Waals surface area contributed by atoms with Crippen LogP contribution >= 0.6 is 0 Å². The second-order valence-electron chi connectivity index (χ2n) is 6.30. The van der Waals surface area contributed by atoms with Gasteiger partial charge in [-0.1, -0.05) is 63.8 Å². The van der Waals surface area contributed by atoms with Crippen molar-refractivity contribution in [2.75, 3.05) is 13.7 Å². The third kappa shape index (κ3) is 5.96. The molecule has 1 nitrogen and oxygen atoms in total. The highest BCUT2D eigenvalue weighted by Crippen LogP contribution is 2.27. The van der Waals surface area contributed by atoms with Crippen LogP contribution in [0.2, 0.25) is 0 Å². The number of hydrogen-bond acceptors (Lipinski definition) is 1. The van der Waals surface area contributed by atoms with Crippen LogP contribution in [0.5, 0.6) is 0 Å². The minimum atomic E-state index is 0. The molecule has 1 heteroatoms. The molecule has 0 spiro atoms. The van der Waals surface area contributed by atoms with E-state index in [1.54, 1.807) is 7.11 Å². The van der Waals surface area contributed by atoms with Crippen molar-refractivity contribution in [1.82, 2.24) is 0 Å². The molecule has 0 saturated heterocycles. The van der Waals surface area contributed by atoms with Crippen LogP contribution in [-0.2, 0) is 17.6 Å². The van der Waals surface area contributed by atoms with Gasteiger partial charge in [-0.05, 0) is 54.9 Å². The molecule has 124 valence electrons. The first-order valence-corrected chi connectivity index (χ1v) is 8.59. The third-order valence-electron chi connectivity index (χ3n) is 4.54. The van der Waals surface area contributed by atoms with Crippen molar-refractivity contribution < 1.29 is 4.74 Å². The molecule has 0 amide bonds. The first kappa shape index (κ1) is 19.0. The van der Waals surface area contributed by atoms with Gasteiger partial charge in [-0.3, -0.25) is 0 Å². The monoisotopic (exact) mass is 302 g/mol. The molecule has 0 N–H and O–H groups in total. The van der Waals surface area contributed by atoms with Crippen LogP contribution in [0, 0.1) is 0 Å². The largest absolute Gasteiger partial charge is 0.385 e. The van der Waals surface area contributed by atoms with Crippen molar-refractivity contribution in [2.24, 2.45) is 0 Å². The van der Waals surface area contributed by atoms with E-state index in [2.05, 4.69) is 31.2 Å². The van der Waals surface area contributed by atoms with Gasteiger partial charge in [0.05, 0.1) is 0 Å². The molecule has 0 aromatic heterocycles. The first-order chi connectivity index (χ1) is 10.3. The van der Waals surface area contributed by atoms with Crippen LogP contribution < -0.4 is 0 Å². The molecule has 1 saturated carbocycles. The van der Waals surface area contributed by atoms with Gasteiger partial charge in [0, 0.05) is 13.7 Å². The fourth-order valence-electron chi connectivity index (χ4n) is 3.19. The molecule has 0 radical (unpaired) electrons. The smallest absolute Gasteiger partial charge is 0.0462 e. The number of rotatable bonds is 5. The highest BCUT2D eigenvalue weighted by molar-refractivity contribution is 5.71. The normalized spacial score (nSPS) is 15.5. The second-order valence-corrected chi connectivity index (χ2v) is 6.30. The lowest BCUT2D eigenvalue weighted by atomic mass is 10.0. The van der Waals surface area contributed by atoms with Crippen LogP contribution in [0.4, 0.5) is 0 Å². The maximum absolute atomic E-state index is 5.06. The molecular weight excluding hydrogens is 268 g/mol. The van der Waals surface area contributed by atoms with E-state index in [4.69, 9.17) is 4.74 Å². The highest BCUT2D eigenvalue weighted by Gasteiger charge is 2.10. The maximum atomic E-state index is 5.06. The number of ether oxygens (including phenoxy) is 1. The lowest BCUT2D eigenvalue weighted by molar-refractivity contribution is 0.193. The number of methoxy groups -OCH3 is 1. The van der Waals surface area contributed by atoms with E-state index >= 15 is 0 Å². The van der Waals surface area contributed by atoms with Gasteiger partial charge in [-0.25, -0.2) is 0 Å². The van der Waals surface area contributed by atoms with Gasteiger partial charge < -0.3 is 4.74 Å². The molecule has 0 unspecified atom stereocenters. The average molecular weight is 303 g/mol. The van der Waals surface area contributed by atoms with E-state index in [-0.39, 0.29) is 7.43 Å². The molecule has 0 bridgehead atoms. The maximum Gasteiger partial charge on any atom is 0.0462 e. The summed E-state index contributed by atoms with van der Waals surface area (Å²) in [6, 6.07) is 6.92. The van der Waals surface area contributed by atoms with E-state index < -0.39 is 0 Å². The molecule has 0 atom stereocenters. The van der Waals surface area contributed by atoms with Gasteiger partial charge in [0.15, 0.2) is 0 Å². The minimum absolute atomic E-state index is 0. The van der Waals surface area contributed by atoms with Crippen LogP contribution in [0.15, 0.2) is 24.3 Å². The van der Waals surface area contributed by atoms with E-state index in [1.165, 1.54) is 67.2 Å². The number of hydrogen-bond donors (Lipinski definition) is 0. The van der Waals surface area contributed by atoms with E-state index in [9.17, 15) is 0 Å². The summed E-state index contributed by atoms with van der Waals surface area (Å²) in [7, 11) is 1.77. The molecule has 0 heterocycles. The number of fused-ring (bicyclic) bond motifs is 1. The Morgan fingerprint density at radius 1 is 1.00 bits per heavy atom. The number of unbranched alkanes of at least 4 members (excludes halogenated alkanes) is 1. The average Bonchev–Trinajstić information content (AvgIpc) is 3.18. The SMILES string of the molecule is C.C1CCCC1.COCCCCc1ccc2c(c1)CC=C2C. The Morgan fingerprint density at radius 3 is 2.32 bits per heavy atom. The quantitative estimate of drug-likeness (QED) is 0.588. The van der Waals surface area contributed by atoms with Gasteiger partial charge in [-0.2, -0.15) is 0 Å². The highest BCUT2D eigenvalue weighted by atomic mass is 16.5. The van der Waals surface area contributed by atoms with Crippen molar-refractivity contribution in [2.45, 2.75) is 72.1 Å². The van der Waals surface area contributed by atoms with Gasteiger partial charge >= 0.3 is 0 Å². The number of allylic oxidation sites excluding steroid dienone is 2. The first-order valence-electron chi connectivity index (χ1n) is 8.59. The Morgan fingerprint density at radius 2 is 1.68 bits per heavy atom. The standard InChI is InChI=1S/C15H20O.C5H10.CH4/c1-12-6-8-14-11-13(7-9-15(12)14)5-3-4-10-16-2;1-2-4-5-3-1;/h6-7,9,11H,3-5,8,10H2,1-2H3;1-5H2;1H4. The predicted octanol–water partition coefficient (Wildman–Crippen LogP) is 6.20. The predicted molar refractivity (Wildman–Crippen MR) is 98.4 cm³/mol. The van der Waals surface area contributed by atoms with Gasteiger partial charge in [0.1, 0.15) is 0 Å². The van der Waals surface area contributed by atoms with Gasteiger partial charge in [0.2, 0.25) is 0 Å². The van der Waals surface area contributed by atoms with Crippen LogP contribution in [0.3, 0.4) is 0 Å². The van der Waals surface area contributed by atoms with E-state index in [0.29, 0.717) is 0 Å². The van der Waals surface area contributed by atoms with Crippen molar-refractivity contribution in [3.05, 3.63) is 41.0 Å². The summed E-state index contributed by atoms with van der Waals surface area (Å²) < 4.78 is 5.06. The zero-order valence-corrected chi connectivity index (χ0v) is 13.8. The second kappa shape index (κ2) is 10.6. The van der Waals surface area contributed by atoms with Crippen molar-refractivity contribution >= 4 is 5.57 Å². The zero-order chi connectivity index (χ0) is 14.9. The lowest BCUT2D eigenvalue weighted by Gasteiger charge is -2.06. The fourth-order valence-corrected chi connectivity index (χ4v) is 3.19. The van der Waals surface area contributed by atoms with Crippen molar-refractivity contribution in [3.8, 4) is 0 Å². The molecule has 1 aromatic rings. The Kier molecular flexibility index (Phi) is 9.15. The molecule has 2 aliphatic carbocycles. The fraction of sp³-hybridized carbons (Fsp3) is 0.619. The Bertz CT molecular complexity index is 447. The molecular formula is C21H34O. The van der Waals surface area contributed by atoms with E-state index in [1.807, 2.05) is 0 Å². The topological polar surface area (TPSA) is 9.23 Å². The summed E-state index contributed by atoms with van der Waals surface area (Å²) >= 11 is 0. The molecule has 2 aliphatic rings. The van der Waals surface area contributed by atoms with Gasteiger partial charge in [0.25, 0.3) is 0 Å². The Hall–Kier alpha value is -1.08. The zero-order valence-electron chi connectivity index (χ0n) is 13.8.